The lowest BCUT2D eigenvalue weighted by Crippen LogP contribution is -2.06. The number of rotatable bonds is 2. The first-order valence-corrected chi connectivity index (χ1v) is 3.54. The standard InChI is InChI=1S/C8H8NO3/c1-2-12-8(11)7-5-6(10)3-4-9-7/h3-5H,2H2,1H3. The second kappa shape index (κ2) is 3.71. The monoisotopic (exact) mass is 166 g/mol. The Balaban J connectivity index is 2.81. The molecule has 0 saturated heterocycles. The van der Waals surface area contributed by atoms with Gasteiger partial charge >= 0.3 is 5.97 Å². The lowest BCUT2D eigenvalue weighted by atomic mass is 10.3. The summed E-state index contributed by atoms with van der Waals surface area (Å²) in [6, 6.07) is 2.43. The van der Waals surface area contributed by atoms with Gasteiger partial charge in [-0.1, -0.05) is 0 Å². The molecular formula is C8H8NO3. The first-order chi connectivity index (χ1) is 5.74. The van der Waals surface area contributed by atoms with Crippen LogP contribution in [0.2, 0.25) is 0 Å². The number of carbonyl (C=O) groups is 1. The molecule has 1 aromatic rings. The Kier molecular flexibility index (Phi) is 2.63. The minimum absolute atomic E-state index is 0.0596. The second-order valence-electron chi connectivity index (χ2n) is 2.10. The van der Waals surface area contributed by atoms with Crippen LogP contribution in [0.5, 0.6) is 5.75 Å². The molecule has 0 aromatic carbocycles. The van der Waals surface area contributed by atoms with Gasteiger partial charge in [0, 0.05) is 18.3 Å². The van der Waals surface area contributed by atoms with Crippen LogP contribution in [0.15, 0.2) is 18.3 Å². The first kappa shape index (κ1) is 8.52. The van der Waals surface area contributed by atoms with Crippen molar-refractivity contribution in [3.8, 4) is 5.75 Å². The molecule has 0 aliphatic carbocycles. The van der Waals surface area contributed by atoms with E-state index >= 15 is 0 Å². The molecule has 0 aliphatic rings. The summed E-state index contributed by atoms with van der Waals surface area (Å²) < 4.78 is 4.64. The van der Waals surface area contributed by atoms with Crippen LogP contribution in [0.1, 0.15) is 17.4 Å². The average Bonchev–Trinajstić information content (AvgIpc) is 2.05. The Morgan fingerprint density at radius 1 is 1.67 bits per heavy atom. The summed E-state index contributed by atoms with van der Waals surface area (Å²) in [7, 11) is 0. The van der Waals surface area contributed by atoms with Crippen molar-refractivity contribution in [3.63, 3.8) is 0 Å². The van der Waals surface area contributed by atoms with Crippen LogP contribution in [-0.2, 0) is 9.84 Å². The van der Waals surface area contributed by atoms with Crippen molar-refractivity contribution in [2.45, 2.75) is 6.92 Å². The zero-order chi connectivity index (χ0) is 8.97. The maximum atomic E-state index is 11.0. The average molecular weight is 166 g/mol. The molecule has 4 heteroatoms. The molecule has 0 fully saturated rings. The summed E-state index contributed by atoms with van der Waals surface area (Å²) in [5.41, 5.74) is 0.0596. The van der Waals surface area contributed by atoms with Crippen molar-refractivity contribution in [2.24, 2.45) is 0 Å². The fraction of sp³-hybridized carbons (Fsp3) is 0.250. The van der Waals surface area contributed by atoms with E-state index in [4.69, 9.17) is 0 Å². The van der Waals surface area contributed by atoms with Gasteiger partial charge in [0.1, 0.15) is 0 Å². The number of ether oxygens (including phenoxy) is 1. The summed E-state index contributed by atoms with van der Waals surface area (Å²) in [6.07, 6.45) is 1.29. The van der Waals surface area contributed by atoms with Gasteiger partial charge in [0.2, 0.25) is 0 Å². The number of nitrogens with zero attached hydrogens (tertiary/aromatic N) is 1. The summed E-state index contributed by atoms with van der Waals surface area (Å²) in [6.45, 7) is 1.97. The Morgan fingerprint density at radius 3 is 3.00 bits per heavy atom. The highest BCUT2D eigenvalue weighted by atomic mass is 16.5. The van der Waals surface area contributed by atoms with Gasteiger partial charge in [0.25, 0.3) is 0 Å². The molecule has 1 heterocycles. The van der Waals surface area contributed by atoms with Gasteiger partial charge < -0.3 is 4.74 Å². The van der Waals surface area contributed by atoms with Crippen LogP contribution in [0.25, 0.3) is 0 Å². The van der Waals surface area contributed by atoms with Crippen molar-refractivity contribution in [1.29, 1.82) is 0 Å². The molecule has 0 N–H and O–H groups in total. The molecule has 0 aliphatic heterocycles. The molecule has 1 radical (unpaired) electrons. The van der Waals surface area contributed by atoms with Crippen molar-refractivity contribution in [2.75, 3.05) is 6.61 Å². The van der Waals surface area contributed by atoms with E-state index in [1.165, 1.54) is 12.3 Å². The largest absolute Gasteiger partial charge is 0.461 e. The number of hydrogen-bond acceptors (Lipinski definition) is 3. The van der Waals surface area contributed by atoms with E-state index in [9.17, 15) is 9.90 Å². The van der Waals surface area contributed by atoms with Gasteiger partial charge in [-0.25, -0.2) is 9.78 Å². The molecular weight excluding hydrogens is 158 g/mol. The SMILES string of the molecule is CCOC(=O)c1cc([O])ccn1. The summed E-state index contributed by atoms with van der Waals surface area (Å²) >= 11 is 0. The zero-order valence-corrected chi connectivity index (χ0v) is 6.61. The Labute approximate surface area is 69.8 Å². The fourth-order valence-corrected chi connectivity index (χ4v) is 0.728. The molecule has 63 valence electrons. The minimum Gasteiger partial charge on any atom is -0.461 e. The van der Waals surface area contributed by atoms with E-state index in [0.29, 0.717) is 0 Å². The fourth-order valence-electron chi connectivity index (χ4n) is 0.728. The van der Waals surface area contributed by atoms with Gasteiger partial charge in [0.05, 0.1) is 6.61 Å². The van der Waals surface area contributed by atoms with Crippen molar-refractivity contribution < 1.29 is 14.6 Å². The maximum Gasteiger partial charge on any atom is 0.357 e. The predicted octanol–water partition coefficient (Wildman–Crippen LogP) is 1.40. The highest BCUT2D eigenvalue weighted by molar-refractivity contribution is 5.87. The predicted molar refractivity (Wildman–Crippen MR) is 40.3 cm³/mol. The molecule has 12 heavy (non-hydrogen) atoms. The number of hydrogen-bond donors (Lipinski definition) is 0. The van der Waals surface area contributed by atoms with Gasteiger partial charge in [-0.15, -0.1) is 0 Å². The lowest BCUT2D eigenvalue weighted by molar-refractivity contribution is 0.0518. The number of esters is 1. The van der Waals surface area contributed by atoms with Gasteiger partial charge in [-0.3, -0.25) is 5.11 Å². The van der Waals surface area contributed by atoms with E-state index in [1.54, 1.807) is 6.92 Å². The molecule has 1 rings (SSSR count). The lowest BCUT2D eigenvalue weighted by Gasteiger charge is -1.98. The molecule has 4 nitrogen and oxygen atoms in total. The van der Waals surface area contributed by atoms with Crippen molar-refractivity contribution in [1.82, 2.24) is 4.98 Å². The number of pyridine rings is 1. The summed E-state index contributed by atoms with van der Waals surface area (Å²) in [4.78, 5) is 14.7. The van der Waals surface area contributed by atoms with Crippen LogP contribution in [0, 0.1) is 0 Å². The topological polar surface area (TPSA) is 59.1 Å². The van der Waals surface area contributed by atoms with E-state index in [1.807, 2.05) is 0 Å². The van der Waals surface area contributed by atoms with Gasteiger partial charge in [0.15, 0.2) is 11.4 Å². The van der Waals surface area contributed by atoms with Gasteiger partial charge in [-0.2, -0.15) is 0 Å². The van der Waals surface area contributed by atoms with Crippen LogP contribution >= 0.6 is 0 Å². The molecule has 0 unspecified atom stereocenters. The Hall–Kier alpha value is -1.58. The number of carbonyl (C=O) groups excluding carboxylic acids is 1. The van der Waals surface area contributed by atoms with Crippen LogP contribution in [-0.4, -0.2) is 17.6 Å². The van der Waals surface area contributed by atoms with E-state index in [0.717, 1.165) is 6.07 Å². The highest BCUT2D eigenvalue weighted by Crippen LogP contribution is 2.09. The molecule has 0 spiro atoms. The van der Waals surface area contributed by atoms with Crippen molar-refractivity contribution >= 4 is 5.97 Å². The maximum absolute atomic E-state index is 11.0. The smallest absolute Gasteiger partial charge is 0.357 e. The van der Waals surface area contributed by atoms with E-state index in [2.05, 4.69) is 9.72 Å². The summed E-state index contributed by atoms with van der Waals surface area (Å²) in [5.74, 6) is -0.803. The van der Waals surface area contributed by atoms with Crippen LogP contribution < -0.4 is 0 Å². The van der Waals surface area contributed by atoms with E-state index < -0.39 is 5.97 Å². The molecule has 0 bridgehead atoms. The third-order valence-electron chi connectivity index (χ3n) is 1.22. The second-order valence-corrected chi connectivity index (χ2v) is 2.10. The minimum atomic E-state index is -0.560. The van der Waals surface area contributed by atoms with Crippen molar-refractivity contribution in [3.05, 3.63) is 24.0 Å². The summed E-state index contributed by atoms with van der Waals surface area (Å²) in [5, 5.41) is 10.8. The third kappa shape index (κ3) is 1.95. The first-order valence-electron chi connectivity index (χ1n) is 3.54. The Bertz CT molecular complexity index is 285. The van der Waals surface area contributed by atoms with Crippen LogP contribution in [0.3, 0.4) is 0 Å². The van der Waals surface area contributed by atoms with E-state index in [-0.39, 0.29) is 18.1 Å². The molecule has 0 amide bonds. The molecule has 0 atom stereocenters. The highest BCUT2D eigenvalue weighted by Gasteiger charge is 2.08. The molecule has 1 aromatic heterocycles. The van der Waals surface area contributed by atoms with Gasteiger partial charge in [-0.05, 0) is 6.92 Å². The third-order valence-corrected chi connectivity index (χ3v) is 1.22. The Morgan fingerprint density at radius 2 is 2.42 bits per heavy atom. The van der Waals surface area contributed by atoms with Crippen LogP contribution in [0.4, 0.5) is 0 Å². The molecule has 0 saturated carbocycles. The quantitative estimate of drug-likeness (QED) is 0.624. The normalized spacial score (nSPS) is 9.42. The zero-order valence-electron chi connectivity index (χ0n) is 6.61. The number of aromatic nitrogens is 1.